The molecule has 94 valence electrons. The highest BCUT2D eigenvalue weighted by molar-refractivity contribution is 7.99. The highest BCUT2D eigenvalue weighted by Gasteiger charge is 2.19. The first-order chi connectivity index (χ1) is 8.08. The first-order valence-corrected chi connectivity index (χ1v) is 7.06. The van der Waals surface area contributed by atoms with Gasteiger partial charge in [-0.05, 0) is 29.7 Å². The van der Waals surface area contributed by atoms with Crippen molar-refractivity contribution in [2.75, 3.05) is 13.4 Å². The van der Waals surface area contributed by atoms with Crippen molar-refractivity contribution in [2.45, 2.75) is 25.5 Å². The standard InChI is InChI=1S/C14H20O2S/c1-10(2)9-11-5-7-12(8-6-11)13(17-4)14(15)16-3/h5-8,10,13H,9H2,1-4H3. The number of esters is 1. The third-order valence-electron chi connectivity index (χ3n) is 2.58. The number of thioether (sulfide) groups is 1. The minimum absolute atomic E-state index is 0.186. The molecule has 0 aromatic heterocycles. The zero-order valence-corrected chi connectivity index (χ0v) is 11.7. The van der Waals surface area contributed by atoms with Gasteiger partial charge >= 0.3 is 5.97 Å². The summed E-state index contributed by atoms with van der Waals surface area (Å²) in [5.41, 5.74) is 2.32. The number of hydrogen-bond acceptors (Lipinski definition) is 3. The quantitative estimate of drug-likeness (QED) is 0.751. The normalized spacial score (nSPS) is 12.5. The molecule has 0 amide bonds. The third-order valence-corrected chi connectivity index (χ3v) is 3.51. The van der Waals surface area contributed by atoms with Gasteiger partial charge in [-0.25, -0.2) is 0 Å². The van der Waals surface area contributed by atoms with E-state index in [4.69, 9.17) is 4.74 Å². The maximum atomic E-state index is 11.6. The van der Waals surface area contributed by atoms with Crippen molar-refractivity contribution in [3.63, 3.8) is 0 Å². The molecule has 1 atom stereocenters. The fraction of sp³-hybridized carbons (Fsp3) is 0.500. The molecule has 0 aliphatic heterocycles. The molecule has 0 saturated heterocycles. The monoisotopic (exact) mass is 252 g/mol. The lowest BCUT2D eigenvalue weighted by Gasteiger charge is -2.13. The summed E-state index contributed by atoms with van der Waals surface area (Å²) in [5.74, 6) is 0.465. The summed E-state index contributed by atoms with van der Waals surface area (Å²) in [6.45, 7) is 4.40. The zero-order valence-electron chi connectivity index (χ0n) is 10.9. The van der Waals surface area contributed by atoms with E-state index < -0.39 is 0 Å². The summed E-state index contributed by atoms with van der Waals surface area (Å²) >= 11 is 1.50. The Kier molecular flexibility index (Phi) is 5.56. The van der Waals surface area contributed by atoms with E-state index in [9.17, 15) is 4.79 Å². The smallest absolute Gasteiger partial charge is 0.323 e. The number of rotatable bonds is 5. The van der Waals surface area contributed by atoms with Crippen molar-refractivity contribution in [3.05, 3.63) is 35.4 Å². The van der Waals surface area contributed by atoms with Gasteiger partial charge in [-0.1, -0.05) is 38.1 Å². The molecule has 0 saturated carbocycles. The van der Waals surface area contributed by atoms with Crippen molar-refractivity contribution in [1.82, 2.24) is 0 Å². The Morgan fingerprint density at radius 1 is 1.29 bits per heavy atom. The van der Waals surface area contributed by atoms with Gasteiger partial charge in [0, 0.05) is 0 Å². The lowest BCUT2D eigenvalue weighted by molar-refractivity contribution is -0.140. The Morgan fingerprint density at radius 3 is 2.29 bits per heavy atom. The Morgan fingerprint density at radius 2 is 1.88 bits per heavy atom. The van der Waals surface area contributed by atoms with Gasteiger partial charge in [-0.3, -0.25) is 4.79 Å². The van der Waals surface area contributed by atoms with E-state index in [1.807, 2.05) is 18.4 Å². The summed E-state index contributed by atoms with van der Waals surface area (Å²) in [5, 5.41) is -0.215. The molecule has 3 heteroatoms. The van der Waals surface area contributed by atoms with E-state index in [1.165, 1.54) is 24.4 Å². The van der Waals surface area contributed by atoms with Gasteiger partial charge in [0.2, 0.25) is 0 Å². The lowest BCUT2D eigenvalue weighted by atomic mass is 10.0. The average Bonchev–Trinajstić information content (AvgIpc) is 2.31. The zero-order chi connectivity index (χ0) is 12.8. The van der Waals surface area contributed by atoms with Crippen LogP contribution in [0.1, 0.15) is 30.2 Å². The Labute approximate surface area is 108 Å². The predicted molar refractivity (Wildman–Crippen MR) is 73.3 cm³/mol. The fourth-order valence-electron chi connectivity index (χ4n) is 1.78. The van der Waals surface area contributed by atoms with Gasteiger partial charge in [-0.15, -0.1) is 11.8 Å². The van der Waals surface area contributed by atoms with Gasteiger partial charge < -0.3 is 4.74 Å². The van der Waals surface area contributed by atoms with Crippen molar-refractivity contribution < 1.29 is 9.53 Å². The molecule has 0 N–H and O–H groups in total. The second-order valence-electron chi connectivity index (χ2n) is 4.48. The van der Waals surface area contributed by atoms with E-state index in [1.54, 1.807) is 0 Å². The van der Waals surface area contributed by atoms with E-state index in [0.717, 1.165) is 12.0 Å². The van der Waals surface area contributed by atoms with Gasteiger partial charge in [0.15, 0.2) is 0 Å². The summed E-state index contributed by atoms with van der Waals surface area (Å²) in [6.07, 6.45) is 2.99. The molecule has 1 aromatic rings. The van der Waals surface area contributed by atoms with E-state index >= 15 is 0 Å². The Balaban J connectivity index is 2.81. The highest BCUT2D eigenvalue weighted by Crippen LogP contribution is 2.28. The Hall–Kier alpha value is -0.960. The molecule has 2 nitrogen and oxygen atoms in total. The molecular formula is C14H20O2S. The topological polar surface area (TPSA) is 26.3 Å². The molecule has 0 aliphatic carbocycles. The van der Waals surface area contributed by atoms with E-state index in [2.05, 4.69) is 26.0 Å². The van der Waals surface area contributed by atoms with Gasteiger partial charge in [-0.2, -0.15) is 0 Å². The number of methoxy groups -OCH3 is 1. The molecule has 0 fully saturated rings. The summed E-state index contributed by atoms with van der Waals surface area (Å²) in [6, 6.07) is 8.24. The van der Waals surface area contributed by atoms with E-state index in [0.29, 0.717) is 5.92 Å². The van der Waals surface area contributed by atoms with Crippen LogP contribution in [0.2, 0.25) is 0 Å². The SMILES string of the molecule is COC(=O)C(SC)c1ccc(CC(C)C)cc1. The van der Waals surface area contributed by atoms with Crippen molar-refractivity contribution in [1.29, 1.82) is 0 Å². The van der Waals surface area contributed by atoms with Gasteiger partial charge in [0.1, 0.15) is 5.25 Å². The molecule has 0 radical (unpaired) electrons. The molecule has 1 unspecified atom stereocenters. The first-order valence-electron chi connectivity index (χ1n) is 5.78. The summed E-state index contributed by atoms with van der Waals surface area (Å²) < 4.78 is 4.79. The fourth-order valence-corrected chi connectivity index (χ4v) is 2.49. The molecule has 0 bridgehead atoms. The van der Waals surface area contributed by atoms with Crippen LogP contribution in [0, 0.1) is 5.92 Å². The number of benzene rings is 1. The average molecular weight is 252 g/mol. The minimum Gasteiger partial charge on any atom is -0.468 e. The highest BCUT2D eigenvalue weighted by atomic mass is 32.2. The number of carbonyl (C=O) groups excluding carboxylic acids is 1. The predicted octanol–water partition coefficient (Wildman–Crippen LogP) is 3.46. The molecule has 0 aliphatic rings. The largest absolute Gasteiger partial charge is 0.468 e. The van der Waals surface area contributed by atoms with Crippen LogP contribution in [0.4, 0.5) is 0 Å². The van der Waals surface area contributed by atoms with Crippen LogP contribution in [0.25, 0.3) is 0 Å². The number of ether oxygens (including phenoxy) is 1. The van der Waals surface area contributed by atoms with Crippen molar-refractivity contribution in [2.24, 2.45) is 5.92 Å². The van der Waals surface area contributed by atoms with Crippen molar-refractivity contribution in [3.8, 4) is 0 Å². The molecule has 0 spiro atoms. The van der Waals surface area contributed by atoms with Crippen molar-refractivity contribution >= 4 is 17.7 Å². The first kappa shape index (κ1) is 14.1. The third kappa shape index (κ3) is 4.08. The molecular weight excluding hydrogens is 232 g/mol. The lowest BCUT2D eigenvalue weighted by Crippen LogP contribution is -2.10. The van der Waals surface area contributed by atoms with Crippen LogP contribution in [-0.4, -0.2) is 19.3 Å². The van der Waals surface area contributed by atoms with Crippen LogP contribution < -0.4 is 0 Å². The van der Waals surface area contributed by atoms with Gasteiger partial charge in [0.05, 0.1) is 7.11 Å². The van der Waals surface area contributed by atoms with Crippen LogP contribution >= 0.6 is 11.8 Å². The van der Waals surface area contributed by atoms with Crippen LogP contribution in [-0.2, 0) is 16.0 Å². The van der Waals surface area contributed by atoms with Crippen LogP contribution in [0.5, 0.6) is 0 Å². The van der Waals surface area contributed by atoms with Crippen LogP contribution in [0.15, 0.2) is 24.3 Å². The second-order valence-corrected chi connectivity index (χ2v) is 5.42. The number of carbonyl (C=O) groups is 1. The molecule has 0 heterocycles. The summed E-state index contributed by atoms with van der Waals surface area (Å²) in [7, 11) is 1.43. The second kappa shape index (κ2) is 6.70. The van der Waals surface area contributed by atoms with Crippen LogP contribution in [0.3, 0.4) is 0 Å². The Bertz CT molecular complexity index is 357. The molecule has 1 rings (SSSR count). The minimum atomic E-state index is -0.215. The number of hydrogen-bond donors (Lipinski definition) is 0. The maximum absolute atomic E-state index is 11.6. The van der Waals surface area contributed by atoms with Gasteiger partial charge in [0.25, 0.3) is 0 Å². The molecule has 17 heavy (non-hydrogen) atoms. The summed E-state index contributed by atoms with van der Waals surface area (Å²) in [4.78, 5) is 11.6. The maximum Gasteiger partial charge on any atom is 0.323 e. The molecule has 1 aromatic carbocycles. The van der Waals surface area contributed by atoms with E-state index in [-0.39, 0.29) is 11.2 Å².